The number of hydrogen-bond acceptors (Lipinski definition) is 6. The van der Waals surface area contributed by atoms with E-state index in [9.17, 15) is 13.2 Å². The predicted octanol–water partition coefficient (Wildman–Crippen LogP) is 2.53. The van der Waals surface area contributed by atoms with E-state index in [1.54, 1.807) is 24.3 Å². The van der Waals surface area contributed by atoms with Gasteiger partial charge in [0.25, 0.3) is 0 Å². The Morgan fingerprint density at radius 3 is 2.71 bits per heavy atom. The Balaban J connectivity index is 1.37. The van der Waals surface area contributed by atoms with Crippen molar-refractivity contribution in [3.63, 3.8) is 0 Å². The normalized spacial score (nSPS) is 18.5. The molecule has 2 heterocycles. The first-order valence-electron chi connectivity index (χ1n) is 10.4. The Morgan fingerprint density at radius 1 is 1.16 bits per heavy atom. The lowest BCUT2D eigenvalue weighted by molar-refractivity contribution is -0.126. The van der Waals surface area contributed by atoms with Crippen molar-refractivity contribution in [2.45, 2.75) is 31.2 Å². The number of fused-ring (bicyclic) bond motifs is 1. The molecule has 0 spiro atoms. The minimum atomic E-state index is -3.67. The van der Waals surface area contributed by atoms with Crippen LogP contribution in [0.2, 0.25) is 0 Å². The Morgan fingerprint density at radius 2 is 1.94 bits per heavy atom. The highest BCUT2D eigenvalue weighted by Crippen LogP contribution is 2.32. The summed E-state index contributed by atoms with van der Waals surface area (Å²) in [5.41, 5.74) is 0.896. The smallest absolute Gasteiger partial charge is 0.243 e. The van der Waals surface area contributed by atoms with E-state index in [0.29, 0.717) is 49.8 Å². The highest BCUT2D eigenvalue weighted by molar-refractivity contribution is 7.89. The predicted molar refractivity (Wildman–Crippen MR) is 114 cm³/mol. The first kappa shape index (κ1) is 21.5. The molecule has 0 radical (unpaired) electrons. The second kappa shape index (κ2) is 9.15. The maximum Gasteiger partial charge on any atom is 0.243 e. The van der Waals surface area contributed by atoms with Crippen LogP contribution in [0.3, 0.4) is 0 Å². The van der Waals surface area contributed by atoms with Gasteiger partial charge in [-0.25, -0.2) is 8.42 Å². The number of piperidine rings is 1. The molecule has 4 rings (SSSR count). The standard InChI is InChI=1S/C22H26N2O6S/c1-2-28-18-6-8-19(9-7-18)31(26,27)24-11-3-4-17(14-24)22(25)23-13-16-5-10-20-21(12-16)30-15-29-20/h5-10,12,17H,2-4,11,13-15H2,1H3,(H,23,25)/t17-/m1/s1. The van der Waals surface area contributed by atoms with Crippen LogP contribution < -0.4 is 19.5 Å². The van der Waals surface area contributed by atoms with Gasteiger partial charge in [-0.2, -0.15) is 4.31 Å². The van der Waals surface area contributed by atoms with Crippen molar-refractivity contribution in [1.82, 2.24) is 9.62 Å². The molecule has 0 saturated carbocycles. The molecule has 31 heavy (non-hydrogen) atoms. The number of nitrogens with one attached hydrogen (secondary N) is 1. The van der Waals surface area contributed by atoms with Crippen LogP contribution in [-0.2, 0) is 21.4 Å². The Kier molecular flexibility index (Phi) is 6.33. The summed E-state index contributed by atoms with van der Waals surface area (Å²) in [6.07, 6.45) is 1.29. The summed E-state index contributed by atoms with van der Waals surface area (Å²) in [6.45, 7) is 3.50. The van der Waals surface area contributed by atoms with Crippen LogP contribution >= 0.6 is 0 Å². The number of ether oxygens (including phenoxy) is 3. The average molecular weight is 447 g/mol. The van der Waals surface area contributed by atoms with Gasteiger partial charge in [-0.3, -0.25) is 4.79 Å². The molecule has 2 aromatic carbocycles. The summed E-state index contributed by atoms with van der Waals surface area (Å²) < 4.78 is 43.5. The van der Waals surface area contributed by atoms with Gasteiger partial charge in [0.05, 0.1) is 17.4 Å². The van der Waals surface area contributed by atoms with Gasteiger partial charge >= 0.3 is 0 Å². The van der Waals surface area contributed by atoms with Gasteiger partial charge in [0.2, 0.25) is 22.7 Å². The fourth-order valence-corrected chi connectivity index (χ4v) is 5.31. The Bertz CT molecular complexity index is 1040. The first-order chi connectivity index (χ1) is 15.0. The molecule has 2 aromatic rings. The van der Waals surface area contributed by atoms with E-state index in [1.807, 2.05) is 25.1 Å². The quantitative estimate of drug-likeness (QED) is 0.703. The summed E-state index contributed by atoms with van der Waals surface area (Å²) >= 11 is 0. The van der Waals surface area contributed by atoms with Gasteiger partial charge in [-0.1, -0.05) is 6.07 Å². The van der Waals surface area contributed by atoms with Crippen molar-refractivity contribution in [3.05, 3.63) is 48.0 Å². The van der Waals surface area contributed by atoms with E-state index in [4.69, 9.17) is 14.2 Å². The lowest BCUT2D eigenvalue weighted by Gasteiger charge is -2.31. The number of amides is 1. The van der Waals surface area contributed by atoms with Crippen molar-refractivity contribution in [1.29, 1.82) is 0 Å². The number of nitrogens with zero attached hydrogens (tertiary/aromatic N) is 1. The van der Waals surface area contributed by atoms with Gasteiger partial charge in [0, 0.05) is 19.6 Å². The molecular weight excluding hydrogens is 420 g/mol. The zero-order valence-electron chi connectivity index (χ0n) is 17.4. The van der Waals surface area contributed by atoms with E-state index < -0.39 is 10.0 Å². The monoisotopic (exact) mass is 446 g/mol. The van der Waals surface area contributed by atoms with E-state index in [2.05, 4.69) is 5.32 Å². The van der Waals surface area contributed by atoms with E-state index in [-0.39, 0.29) is 30.1 Å². The van der Waals surface area contributed by atoms with Crippen LogP contribution in [0.5, 0.6) is 17.2 Å². The Labute approximate surface area is 182 Å². The molecule has 1 atom stereocenters. The molecule has 0 bridgehead atoms. The van der Waals surface area contributed by atoms with Crippen molar-refractivity contribution in [3.8, 4) is 17.2 Å². The van der Waals surface area contributed by atoms with Crippen LogP contribution in [0.1, 0.15) is 25.3 Å². The zero-order chi connectivity index (χ0) is 21.8. The number of sulfonamides is 1. The first-order valence-corrected chi connectivity index (χ1v) is 11.8. The third-order valence-corrected chi connectivity index (χ3v) is 7.31. The second-order valence-corrected chi connectivity index (χ2v) is 9.45. The number of rotatable bonds is 7. The molecule has 9 heteroatoms. The van der Waals surface area contributed by atoms with Crippen molar-refractivity contribution < 1.29 is 27.4 Å². The molecule has 0 aliphatic carbocycles. The van der Waals surface area contributed by atoms with Crippen LogP contribution in [0.15, 0.2) is 47.4 Å². The topological polar surface area (TPSA) is 94.2 Å². The van der Waals surface area contributed by atoms with E-state index in [1.165, 1.54) is 4.31 Å². The third-order valence-electron chi connectivity index (χ3n) is 5.43. The van der Waals surface area contributed by atoms with Gasteiger partial charge < -0.3 is 19.5 Å². The van der Waals surface area contributed by atoms with E-state index in [0.717, 1.165) is 5.56 Å². The number of benzene rings is 2. The summed E-state index contributed by atoms with van der Waals surface area (Å²) in [7, 11) is -3.67. The van der Waals surface area contributed by atoms with Crippen LogP contribution in [0, 0.1) is 5.92 Å². The molecule has 166 valence electrons. The van der Waals surface area contributed by atoms with Crippen molar-refractivity contribution in [2.75, 3.05) is 26.5 Å². The molecular formula is C22H26N2O6S. The number of hydrogen-bond donors (Lipinski definition) is 1. The number of carbonyl (C=O) groups excluding carboxylic acids is 1. The maximum absolute atomic E-state index is 13.0. The summed E-state index contributed by atoms with van der Waals surface area (Å²) in [5, 5.41) is 2.92. The molecule has 1 N–H and O–H groups in total. The van der Waals surface area contributed by atoms with E-state index >= 15 is 0 Å². The van der Waals surface area contributed by atoms with Gasteiger partial charge in [0.15, 0.2) is 11.5 Å². The fourth-order valence-electron chi connectivity index (χ4n) is 3.78. The second-order valence-electron chi connectivity index (χ2n) is 7.51. The average Bonchev–Trinajstić information content (AvgIpc) is 3.26. The van der Waals surface area contributed by atoms with Gasteiger partial charge in [0.1, 0.15) is 5.75 Å². The largest absolute Gasteiger partial charge is 0.494 e. The molecule has 1 amide bonds. The molecule has 1 fully saturated rings. The van der Waals surface area contributed by atoms with Crippen molar-refractivity contribution >= 4 is 15.9 Å². The highest BCUT2D eigenvalue weighted by atomic mass is 32.2. The lowest BCUT2D eigenvalue weighted by atomic mass is 9.98. The van der Waals surface area contributed by atoms with Crippen molar-refractivity contribution in [2.24, 2.45) is 5.92 Å². The van der Waals surface area contributed by atoms with Crippen LogP contribution in [0.25, 0.3) is 0 Å². The fraction of sp³-hybridized carbons (Fsp3) is 0.409. The molecule has 1 saturated heterocycles. The molecule has 2 aliphatic heterocycles. The summed E-state index contributed by atoms with van der Waals surface area (Å²) in [6, 6.07) is 11.9. The molecule has 0 aromatic heterocycles. The molecule has 8 nitrogen and oxygen atoms in total. The lowest BCUT2D eigenvalue weighted by Crippen LogP contribution is -2.45. The third kappa shape index (κ3) is 4.77. The van der Waals surface area contributed by atoms with Gasteiger partial charge in [-0.05, 0) is 61.7 Å². The molecule has 2 aliphatic rings. The van der Waals surface area contributed by atoms with Crippen LogP contribution in [-0.4, -0.2) is 45.1 Å². The summed E-state index contributed by atoms with van der Waals surface area (Å²) in [4.78, 5) is 12.9. The van der Waals surface area contributed by atoms with Crippen LogP contribution in [0.4, 0.5) is 0 Å². The Hall–Kier alpha value is -2.78. The highest BCUT2D eigenvalue weighted by Gasteiger charge is 2.33. The minimum Gasteiger partial charge on any atom is -0.494 e. The maximum atomic E-state index is 13.0. The number of carbonyl (C=O) groups is 1. The molecule has 0 unspecified atom stereocenters. The zero-order valence-corrected chi connectivity index (χ0v) is 18.2. The SMILES string of the molecule is CCOc1ccc(S(=O)(=O)N2CCC[C@@H](C(=O)NCc3ccc4c(c3)OCO4)C2)cc1. The summed E-state index contributed by atoms with van der Waals surface area (Å²) in [5.74, 6) is 1.44. The minimum absolute atomic E-state index is 0.149. The van der Waals surface area contributed by atoms with Gasteiger partial charge in [-0.15, -0.1) is 0 Å².